The summed E-state index contributed by atoms with van der Waals surface area (Å²) in [4.78, 5) is 19.3. The first-order valence-electron chi connectivity index (χ1n) is 6.64. The molecule has 0 fully saturated rings. The van der Waals surface area contributed by atoms with Gasteiger partial charge >= 0.3 is 12.1 Å². The van der Waals surface area contributed by atoms with Crippen LogP contribution in [-0.2, 0) is 6.18 Å². The third-order valence-corrected chi connectivity index (χ3v) is 3.16. The second-order valence-electron chi connectivity index (χ2n) is 4.81. The highest BCUT2D eigenvalue weighted by atomic mass is 19.4. The molecule has 0 aliphatic rings. The monoisotopic (exact) mass is 334 g/mol. The maximum Gasteiger partial charge on any atom is 0.435 e. The molecule has 6 nitrogen and oxygen atoms in total. The van der Waals surface area contributed by atoms with E-state index in [2.05, 4.69) is 20.2 Å². The quantitative estimate of drug-likeness (QED) is 0.767. The summed E-state index contributed by atoms with van der Waals surface area (Å²) in [6, 6.07) is 8.20. The first-order valence-corrected chi connectivity index (χ1v) is 6.64. The summed E-state index contributed by atoms with van der Waals surface area (Å²) in [6.45, 7) is 0. The van der Waals surface area contributed by atoms with Gasteiger partial charge in [-0.15, -0.1) is 0 Å². The number of carbonyl (C=O) groups is 1. The number of alkyl halides is 3. The Labute approximate surface area is 133 Å². The van der Waals surface area contributed by atoms with Crippen LogP contribution in [0.4, 0.5) is 13.2 Å². The number of H-pyrrole nitrogens is 1. The number of nitrogens with one attached hydrogen (secondary N) is 1. The summed E-state index contributed by atoms with van der Waals surface area (Å²) >= 11 is 0. The highest BCUT2D eigenvalue weighted by Crippen LogP contribution is 2.30. The van der Waals surface area contributed by atoms with Gasteiger partial charge in [0, 0.05) is 6.20 Å². The highest BCUT2D eigenvalue weighted by molar-refractivity contribution is 5.88. The number of aromatic amines is 1. The smallest absolute Gasteiger partial charge is 0.435 e. The number of aromatic nitrogens is 4. The van der Waals surface area contributed by atoms with Crippen LogP contribution in [0.5, 0.6) is 0 Å². The van der Waals surface area contributed by atoms with Crippen molar-refractivity contribution in [2.45, 2.75) is 6.18 Å². The number of nitrogens with zero attached hydrogens (tertiary/aromatic N) is 3. The van der Waals surface area contributed by atoms with Crippen molar-refractivity contribution < 1.29 is 23.1 Å². The van der Waals surface area contributed by atoms with Crippen LogP contribution in [0.1, 0.15) is 16.1 Å². The van der Waals surface area contributed by atoms with Crippen molar-refractivity contribution in [3.8, 4) is 22.8 Å². The summed E-state index contributed by atoms with van der Waals surface area (Å²) in [6.07, 6.45) is -3.23. The van der Waals surface area contributed by atoms with Crippen molar-refractivity contribution in [2.75, 3.05) is 0 Å². The standard InChI is InChI=1S/C15H9F3N4O2/c16-15(17,18)13-7-12(21-22-13)10-3-1-2-9(20-10)11-6-8(14(23)24)4-5-19-11/h1-7H,(H,21,22)(H,23,24). The minimum absolute atomic E-state index is 0.0353. The molecular weight excluding hydrogens is 325 g/mol. The zero-order valence-corrected chi connectivity index (χ0v) is 11.9. The Hall–Kier alpha value is -3.23. The van der Waals surface area contributed by atoms with Crippen LogP contribution in [-0.4, -0.2) is 31.2 Å². The van der Waals surface area contributed by atoms with Crippen molar-refractivity contribution in [1.29, 1.82) is 0 Å². The third kappa shape index (κ3) is 3.09. The largest absolute Gasteiger partial charge is 0.478 e. The van der Waals surface area contributed by atoms with E-state index in [-0.39, 0.29) is 17.0 Å². The van der Waals surface area contributed by atoms with E-state index < -0.39 is 17.8 Å². The van der Waals surface area contributed by atoms with E-state index in [4.69, 9.17) is 5.11 Å². The lowest BCUT2D eigenvalue weighted by atomic mass is 10.1. The number of hydrogen-bond acceptors (Lipinski definition) is 4. The lowest BCUT2D eigenvalue weighted by molar-refractivity contribution is -0.141. The third-order valence-electron chi connectivity index (χ3n) is 3.16. The van der Waals surface area contributed by atoms with Crippen LogP contribution in [0.2, 0.25) is 0 Å². The number of carboxylic acid groups (broad SMARTS) is 1. The van der Waals surface area contributed by atoms with Gasteiger partial charge in [-0.25, -0.2) is 9.78 Å². The molecule has 3 aromatic rings. The number of halogens is 3. The fraction of sp³-hybridized carbons (Fsp3) is 0.0667. The second kappa shape index (κ2) is 5.76. The van der Waals surface area contributed by atoms with Gasteiger partial charge in [-0.2, -0.15) is 18.3 Å². The molecule has 0 spiro atoms. The Bertz CT molecular complexity index is 905. The highest BCUT2D eigenvalue weighted by Gasteiger charge is 2.34. The molecule has 2 N–H and O–H groups in total. The number of pyridine rings is 2. The molecule has 122 valence electrons. The molecule has 0 saturated heterocycles. The number of aromatic carboxylic acids is 1. The Morgan fingerprint density at radius 3 is 2.50 bits per heavy atom. The van der Waals surface area contributed by atoms with Gasteiger partial charge in [0.1, 0.15) is 0 Å². The molecule has 0 radical (unpaired) electrons. The van der Waals surface area contributed by atoms with E-state index >= 15 is 0 Å². The van der Waals surface area contributed by atoms with Gasteiger partial charge in [0.15, 0.2) is 5.69 Å². The maximum atomic E-state index is 12.6. The van der Waals surface area contributed by atoms with Crippen LogP contribution in [0, 0.1) is 0 Å². The van der Waals surface area contributed by atoms with Crippen LogP contribution in [0.3, 0.4) is 0 Å². The van der Waals surface area contributed by atoms with Crippen molar-refractivity contribution in [2.24, 2.45) is 0 Å². The number of hydrogen-bond donors (Lipinski definition) is 2. The molecule has 0 unspecified atom stereocenters. The predicted octanol–water partition coefficient (Wildman–Crippen LogP) is 3.25. The first kappa shape index (κ1) is 15.7. The van der Waals surface area contributed by atoms with Gasteiger partial charge in [0.2, 0.25) is 0 Å². The topological polar surface area (TPSA) is 91.8 Å². The van der Waals surface area contributed by atoms with E-state index in [1.165, 1.54) is 24.4 Å². The summed E-state index contributed by atoms with van der Waals surface area (Å²) in [5, 5.41) is 14.5. The van der Waals surface area contributed by atoms with Gasteiger partial charge in [-0.1, -0.05) is 6.07 Å². The Balaban J connectivity index is 1.99. The molecule has 0 atom stereocenters. The van der Waals surface area contributed by atoms with Crippen molar-refractivity contribution in [1.82, 2.24) is 20.2 Å². The first-order chi connectivity index (χ1) is 11.3. The van der Waals surface area contributed by atoms with Crippen LogP contribution >= 0.6 is 0 Å². The Morgan fingerprint density at radius 2 is 1.83 bits per heavy atom. The Morgan fingerprint density at radius 1 is 1.08 bits per heavy atom. The zero-order valence-electron chi connectivity index (χ0n) is 11.9. The molecule has 0 saturated carbocycles. The van der Waals surface area contributed by atoms with Gasteiger partial charge in [-0.05, 0) is 30.3 Å². The molecule has 3 rings (SSSR count). The molecule has 3 heterocycles. The van der Waals surface area contributed by atoms with E-state index in [9.17, 15) is 18.0 Å². The average Bonchev–Trinajstić information content (AvgIpc) is 3.05. The fourth-order valence-corrected chi connectivity index (χ4v) is 2.03. The summed E-state index contributed by atoms with van der Waals surface area (Å²) in [5.74, 6) is -1.11. The molecule has 3 aromatic heterocycles. The SMILES string of the molecule is O=C(O)c1ccnc(-c2cccc(-c3cc(C(F)(F)F)n[nH]3)n2)c1. The molecule has 24 heavy (non-hydrogen) atoms. The Kier molecular flexibility index (Phi) is 3.76. The minimum Gasteiger partial charge on any atom is -0.478 e. The van der Waals surface area contributed by atoms with E-state index in [0.717, 1.165) is 6.07 Å². The van der Waals surface area contributed by atoms with E-state index in [1.807, 2.05) is 0 Å². The summed E-state index contributed by atoms with van der Waals surface area (Å²) in [5.41, 5.74) is -0.0496. The van der Waals surface area contributed by atoms with E-state index in [0.29, 0.717) is 11.4 Å². The maximum absolute atomic E-state index is 12.6. The lowest BCUT2D eigenvalue weighted by Crippen LogP contribution is -2.04. The molecule has 0 aromatic carbocycles. The van der Waals surface area contributed by atoms with Crippen molar-refractivity contribution >= 4 is 5.97 Å². The molecule has 0 amide bonds. The van der Waals surface area contributed by atoms with Gasteiger partial charge in [-0.3, -0.25) is 10.1 Å². The van der Waals surface area contributed by atoms with Gasteiger partial charge < -0.3 is 5.11 Å². The van der Waals surface area contributed by atoms with Gasteiger partial charge in [0.25, 0.3) is 0 Å². The number of rotatable bonds is 3. The molecule has 0 bridgehead atoms. The zero-order chi connectivity index (χ0) is 17.3. The normalized spacial score (nSPS) is 11.5. The van der Waals surface area contributed by atoms with Crippen molar-refractivity contribution in [3.63, 3.8) is 0 Å². The molecule has 0 aliphatic carbocycles. The lowest BCUT2D eigenvalue weighted by Gasteiger charge is -2.03. The second-order valence-corrected chi connectivity index (χ2v) is 4.81. The number of carboxylic acids is 1. The predicted molar refractivity (Wildman–Crippen MR) is 77.0 cm³/mol. The minimum atomic E-state index is -4.55. The van der Waals surface area contributed by atoms with Crippen LogP contribution in [0.25, 0.3) is 22.8 Å². The molecular formula is C15H9F3N4O2. The summed E-state index contributed by atoms with van der Waals surface area (Å²) < 4.78 is 37.8. The average molecular weight is 334 g/mol. The van der Waals surface area contributed by atoms with Crippen LogP contribution in [0.15, 0.2) is 42.6 Å². The summed E-state index contributed by atoms with van der Waals surface area (Å²) in [7, 11) is 0. The fourth-order valence-electron chi connectivity index (χ4n) is 2.03. The van der Waals surface area contributed by atoms with Crippen LogP contribution < -0.4 is 0 Å². The van der Waals surface area contributed by atoms with E-state index in [1.54, 1.807) is 12.1 Å². The molecule has 0 aliphatic heterocycles. The molecule has 9 heteroatoms. The van der Waals surface area contributed by atoms with Gasteiger partial charge in [0.05, 0.1) is 28.3 Å². The van der Waals surface area contributed by atoms with Crippen molar-refractivity contribution in [3.05, 3.63) is 53.9 Å².